The van der Waals surface area contributed by atoms with Crippen molar-refractivity contribution in [3.05, 3.63) is 422 Å². The van der Waals surface area contributed by atoms with Crippen molar-refractivity contribution in [1.82, 2.24) is 13.7 Å². The van der Waals surface area contributed by atoms with Crippen LogP contribution in [0.5, 0.6) is 0 Å². The quantitative estimate of drug-likeness (QED) is 0.114. The molecular formula is C124H102BN5. The van der Waals surface area contributed by atoms with Crippen LogP contribution in [-0.2, 0) is 21.7 Å². The van der Waals surface area contributed by atoms with Crippen LogP contribution in [0.25, 0.3) is 160 Å². The summed E-state index contributed by atoms with van der Waals surface area (Å²) in [5, 5.41) is 2.62. The summed E-state index contributed by atoms with van der Waals surface area (Å²) in [6.45, 7) is 22.6. The molecule has 626 valence electrons. The third kappa shape index (κ3) is 13.3. The molecule has 0 spiro atoms. The average molecular weight is 1690 g/mol. The molecule has 5 heterocycles. The molecule has 21 aromatic rings. The molecule has 0 atom stereocenters. The van der Waals surface area contributed by atoms with Crippen molar-refractivity contribution in [3.63, 3.8) is 0 Å². The number of anilines is 6. The summed E-state index contributed by atoms with van der Waals surface area (Å²) in [4.78, 5) is 4.93. The van der Waals surface area contributed by atoms with Gasteiger partial charge < -0.3 is 23.5 Å². The normalized spacial score (nSPS) is 14.2. The van der Waals surface area contributed by atoms with Crippen LogP contribution in [0.1, 0.15) is 122 Å². The Kier molecular flexibility index (Phi) is 15.7. The number of aromatic nitrogens is 3. The highest BCUT2D eigenvalue weighted by molar-refractivity contribution is 7.00. The van der Waals surface area contributed by atoms with Crippen molar-refractivity contribution in [1.29, 1.82) is 0 Å². The number of para-hydroxylation sites is 4. The monoisotopic (exact) mass is 1680 g/mol. The van der Waals surface area contributed by atoms with Crippen molar-refractivity contribution < 1.29 is 16.4 Å². The van der Waals surface area contributed by atoms with E-state index in [-0.39, 0.29) is 116 Å². The zero-order valence-corrected chi connectivity index (χ0v) is 75.0. The molecule has 6 heteroatoms. The van der Waals surface area contributed by atoms with Gasteiger partial charge in [0.25, 0.3) is 6.71 Å². The summed E-state index contributed by atoms with van der Waals surface area (Å²) in [5.74, 6) is 0. The molecule has 18 aromatic carbocycles. The molecule has 0 saturated carbocycles. The SMILES string of the molecule is [2H]c1c(C(C)(C)C)c([2H])c2c(c1[2H])c1c([2H])c([2H])c(C(C)(C)C)c([2H])c1n2-c1ccc2c(c1)N(c1c(-c3ccccc3)cccc1-c1ccccc1)c1cc(-c3ccc4c(c3)c3ccccc3n4-c3ccccc3)cc3c1B2c1ccc(-n2c4c([2H])c(C(C)(C)C)c([2H])c([2H])c4c4c([2H])c([2H])c(C(C)(C)C)c([2H])c42)cc1N3c1c(-c2cccc(-c3ccccc3)c2)cccc1-c1cccc(-c2ccccc2)c1. The van der Waals surface area contributed by atoms with Gasteiger partial charge in [0.2, 0.25) is 0 Å². The molecule has 0 unspecified atom stereocenters. The van der Waals surface area contributed by atoms with Crippen LogP contribution in [0.2, 0.25) is 0 Å². The molecule has 0 amide bonds. The van der Waals surface area contributed by atoms with Crippen molar-refractivity contribution in [2.45, 2.75) is 105 Å². The predicted molar refractivity (Wildman–Crippen MR) is 556 cm³/mol. The Hall–Kier alpha value is -15.0. The Morgan fingerprint density at radius 3 is 0.938 bits per heavy atom. The number of fused-ring (bicyclic) bond motifs is 13. The van der Waals surface area contributed by atoms with E-state index < -0.39 is 28.4 Å². The van der Waals surface area contributed by atoms with Gasteiger partial charge in [0.15, 0.2) is 0 Å². The summed E-state index contributed by atoms with van der Waals surface area (Å²) in [6.07, 6.45) is 0. The zero-order valence-electron chi connectivity index (χ0n) is 87.0. The lowest BCUT2D eigenvalue weighted by Crippen LogP contribution is -2.61. The third-order valence-corrected chi connectivity index (χ3v) is 26.4. The van der Waals surface area contributed by atoms with Gasteiger partial charge in [-0.2, -0.15) is 0 Å². The Morgan fingerprint density at radius 2 is 0.538 bits per heavy atom. The number of benzene rings is 18. The van der Waals surface area contributed by atoms with E-state index >= 15 is 0 Å². The molecule has 0 saturated heterocycles. The zero-order chi connectivity index (χ0) is 98.8. The Balaban J connectivity index is 0.948. The number of rotatable bonds is 12. The van der Waals surface area contributed by atoms with Crippen LogP contribution in [0.15, 0.2) is 400 Å². The van der Waals surface area contributed by atoms with E-state index in [1.807, 2.05) is 123 Å². The molecule has 130 heavy (non-hydrogen) atoms. The maximum atomic E-state index is 10.9. The largest absolute Gasteiger partial charge is 0.310 e. The maximum absolute atomic E-state index is 10.9. The first-order valence-electron chi connectivity index (χ1n) is 51.1. The van der Waals surface area contributed by atoms with Crippen molar-refractivity contribution in [3.8, 4) is 95.0 Å². The van der Waals surface area contributed by atoms with Gasteiger partial charge in [0.1, 0.15) is 0 Å². The summed E-state index contributed by atoms with van der Waals surface area (Å²) in [5.41, 5.74) is 22.8. The van der Waals surface area contributed by atoms with E-state index in [2.05, 4.69) is 312 Å². The van der Waals surface area contributed by atoms with Crippen LogP contribution >= 0.6 is 0 Å². The molecule has 0 bridgehead atoms. The van der Waals surface area contributed by atoms with E-state index in [1.165, 1.54) is 0 Å². The van der Waals surface area contributed by atoms with Gasteiger partial charge in [-0.1, -0.05) is 380 Å². The first-order chi connectivity index (χ1) is 68.1. The molecule has 0 radical (unpaired) electrons. The van der Waals surface area contributed by atoms with Gasteiger partial charge >= 0.3 is 0 Å². The standard InChI is InChI=1S/C124H102BN5/c1-121(2,3)89-55-61-101-102-62-56-90(122(4,5)6)74-111(102)127(110(101)73-89)94-59-65-106-114(77-94)129(119-96(81-38-22-15-23-39-81)49-32-50-97(119)82-40-24-16-25-41-82)116-71-88(85-54-67-109-105(70-85)100-48-28-29-53-108(100)126(109)93-46-26-17-27-47-93)72-117-118(116)125(106)107-66-60-95(128-112-75-91(123(7,8)9)57-63-103(112)104-64-58-92(76-113(104)128)124(10,11)12)78-115(107)130(117)120-98(86-44-30-42-83(68-86)79-34-18-13-19-35-79)51-33-52-99(120)87-45-31-43-84(69-87)80-36-20-14-21-37-80/h13-78H,1-12H3/i55D,56D,57D,58D,61D,62D,63D,64D,73D,74D,75D,76D. The summed E-state index contributed by atoms with van der Waals surface area (Å²) >= 11 is 0. The minimum atomic E-state index is -0.869. The van der Waals surface area contributed by atoms with Gasteiger partial charge in [-0.15, -0.1) is 0 Å². The Morgan fingerprint density at radius 1 is 0.215 bits per heavy atom. The number of nitrogens with zero attached hydrogens (tertiary/aromatic N) is 5. The van der Waals surface area contributed by atoms with Crippen LogP contribution in [0.3, 0.4) is 0 Å². The van der Waals surface area contributed by atoms with Gasteiger partial charge in [-0.05, 0) is 219 Å². The molecule has 0 aliphatic carbocycles. The Labute approximate surface area is 780 Å². The highest BCUT2D eigenvalue weighted by Crippen LogP contribution is 2.56. The van der Waals surface area contributed by atoms with Crippen molar-refractivity contribution in [2.24, 2.45) is 0 Å². The van der Waals surface area contributed by atoms with Gasteiger partial charge in [0, 0.05) is 94.4 Å². The van der Waals surface area contributed by atoms with E-state index in [0.29, 0.717) is 45.0 Å². The van der Waals surface area contributed by atoms with Crippen LogP contribution in [0.4, 0.5) is 34.1 Å². The second-order valence-corrected chi connectivity index (χ2v) is 39.0. The van der Waals surface area contributed by atoms with E-state index in [1.54, 1.807) is 0 Å². The smallest absolute Gasteiger partial charge is 0.252 e. The van der Waals surface area contributed by atoms with E-state index in [0.717, 1.165) is 145 Å². The third-order valence-electron chi connectivity index (χ3n) is 26.4. The summed E-state index contributed by atoms with van der Waals surface area (Å²) < 4.78 is 131. The lowest BCUT2D eigenvalue weighted by atomic mass is 9.33. The second kappa shape index (κ2) is 30.4. The Bertz CT molecular complexity index is 8570. The molecule has 0 N–H and O–H groups in total. The topological polar surface area (TPSA) is 21.3 Å². The fourth-order valence-electron chi connectivity index (χ4n) is 19.9. The van der Waals surface area contributed by atoms with Crippen LogP contribution in [0, 0.1) is 0 Å². The molecule has 3 aromatic heterocycles. The van der Waals surface area contributed by atoms with Crippen molar-refractivity contribution >= 4 is 123 Å². The minimum absolute atomic E-state index is 0.0303. The first-order valence-corrected chi connectivity index (χ1v) is 45.1. The van der Waals surface area contributed by atoms with Gasteiger partial charge in [-0.25, -0.2) is 0 Å². The average Bonchev–Trinajstić information content (AvgIpc) is 1.11. The van der Waals surface area contributed by atoms with E-state index in [4.69, 9.17) is 0 Å². The molecule has 2 aliphatic heterocycles. The lowest BCUT2D eigenvalue weighted by molar-refractivity contribution is 0.590. The fourth-order valence-corrected chi connectivity index (χ4v) is 19.9. The first kappa shape index (κ1) is 67.3. The van der Waals surface area contributed by atoms with Crippen LogP contribution in [-0.4, -0.2) is 20.4 Å². The summed E-state index contributed by atoms with van der Waals surface area (Å²) in [7, 11) is 0. The number of hydrogen-bond acceptors (Lipinski definition) is 2. The molecular weight excluding hydrogens is 1570 g/mol. The number of hydrogen-bond donors (Lipinski definition) is 0. The second-order valence-electron chi connectivity index (χ2n) is 39.0. The summed E-state index contributed by atoms with van der Waals surface area (Å²) in [6, 6.07) is 114. The van der Waals surface area contributed by atoms with E-state index in [9.17, 15) is 16.4 Å². The molecule has 23 rings (SSSR count). The fraction of sp³-hybridized carbons (Fsp3) is 0.129. The molecule has 0 fully saturated rings. The van der Waals surface area contributed by atoms with Crippen molar-refractivity contribution in [2.75, 3.05) is 9.80 Å². The maximum Gasteiger partial charge on any atom is 0.252 e. The lowest BCUT2D eigenvalue weighted by Gasteiger charge is -2.46. The van der Waals surface area contributed by atoms with Crippen LogP contribution < -0.4 is 26.2 Å². The highest BCUT2D eigenvalue weighted by Gasteiger charge is 2.46. The predicted octanol–water partition coefficient (Wildman–Crippen LogP) is 31.9. The minimum Gasteiger partial charge on any atom is -0.310 e. The molecule has 2 aliphatic rings. The van der Waals surface area contributed by atoms with Gasteiger partial charge in [0.05, 0.1) is 60.9 Å². The van der Waals surface area contributed by atoms with Gasteiger partial charge in [-0.3, -0.25) is 0 Å². The molecule has 5 nitrogen and oxygen atoms in total. The highest BCUT2D eigenvalue weighted by atomic mass is 15.2.